The summed E-state index contributed by atoms with van der Waals surface area (Å²) in [4.78, 5) is 21.3. The zero-order chi connectivity index (χ0) is 13.9. The first kappa shape index (κ1) is 13.7. The Kier molecular flexibility index (Phi) is 3.97. The van der Waals surface area contributed by atoms with E-state index in [0.717, 1.165) is 5.56 Å². The van der Waals surface area contributed by atoms with Crippen LogP contribution in [0.15, 0.2) is 12.4 Å². The van der Waals surface area contributed by atoms with E-state index in [1.54, 1.807) is 12.4 Å². The molecule has 5 nitrogen and oxygen atoms in total. The van der Waals surface area contributed by atoms with Gasteiger partial charge in [0.25, 0.3) is 0 Å². The Bertz CT molecular complexity index is 440. The van der Waals surface area contributed by atoms with Crippen LogP contribution in [0.1, 0.15) is 25.3 Å². The number of hydrogen-bond acceptors (Lipinski definition) is 4. The minimum Gasteiger partial charge on any atom is -0.353 e. The van der Waals surface area contributed by atoms with E-state index >= 15 is 0 Å². The predicted octanol–water partition coefficient (Wildman–Crippen LogP) is 1.23. The lowest BCUT2D eigenvalue weighted by Gasteiger charge is -2.36. The van der Waals surface area contributed by atoms with Gasteiger partial charge in [-0.3, -0.25) is 4.79 Å². The van der Waals surface area contributed by atoms with E-state index in [-0.39, 0.29) is 12.5 Å². The van der Waals surface area contributed by atoms with Crippen LogP contribution < -0.4 is 10.2 Å². The third-order valence-corrected chi connectivity index (χ3v) is 3.36. The average molecular weight is 266 g/mol. The first-order chi connectivity index (χ1) is 8.98. The van der Waals surface area contributed by atoms with Crippen molar-refractivity contribution in [2.75, 3.05) is 24.5 Å². The number of nitrogens with one attached hydrogen (secondary N) is 1. The van der Waals surface area contributed by atoms with Crippen molar-refractivity contribution in [3.05, 3.63) is 18.0 Å². The van der Waals surface area contributed by atoms with Gasteiger partial charge in [-0.05, 0) is 12.5 Å². The number of halogens is 1. The molecule has 1 fully saturated rings. The molecule has 0 radical (unpaired) electrons. The molecule has 2 rings (SSSR count). The lowest BCUT2D eigenvalue weighted by atomic mass is 9.93. The number of amides is 1. The molecule has 1 aliphatic rings. The van der Waals surface area contributed by atoms with Crippen LogP contribution in [0.4, 0.5) is 10.3 Å². The maximum Gasteiger partial charge on any atom is 0.225 e. The van der Waals surface area contributed by atoms with Gasteiger partial charge in [0.05, 0.1) is 6.54 Å². The number of nitrogens with zero attached hydrogens (tertiary/aromatic N) is 3. The number of hydrogen-bond donors (Lipinski definition) is 1. The SMILES string of the molecule is CC(=O)NCC1(F)CCN(c2ncc(C)cn2)CC1. The van der Waals surface area contributed by atoms with E-state index in [4.69, 9.17) is 0 Å². The van der Waals surface area contributed by atoms with Gasteiger partial charge in [-0.25, -0.2) is 14.4 Å². The normalized spacial score (nSPS) is 18.2. The smallest absolute Gasteiger partial charge is 0.225 e. The number of carbonyl (C=O) groups excluding carboxylic acids is 1. The Morgan fingerprint density at radius 3 is 2.53 bits per heavy atom. The van der Waals surface area contributed by atoms with Gasteiger partial charge in [0.2, 0.25) is 11.9 Å². The number of piperidine rings is 1. The molecule has 0 aromatic carbocycles. The monoisotopic (exact) mass is 266 g/mol. The van der Waals surface area contributed by atoms with Crippen LogP contribution in [-0.4, -0.2) is 41.2 Å². The highest BCUT2D eigenvalue weighted by atomic mass is 19.1. The summed E-state index contributed by atoms with van der Waals surface area (Å²) in [6, 6.07) is 0. The maximum atomic E-state index is 14.4. The van der Waals surface area contributed by atoms with Crippen molar-refractivity contribution in [2.45, 2.75) is 32.4 Å². The van der Waals surface area contributed by atoms with Crippen LogP contribution in [0, 0.1) is 6.92 Å². The van der Waals surface area contributed by atoms with Crippen LogP contribution in [0.3, 0.4) is 0 Å². The van der Waals surface area contributed by atoms with E-state index < -0.39 is 5.67 Å². The van der Waals surface area contributed by atoms with Crippen molar-refractivity contribution >= 4 is 11.9 Å². The number of aryl methyl sites for hydroxylation is 1. The highest BCUT2D eigenvalue weighted by molar-refractivity contribution is 5.72. The fraction of sp³-hybridized carbons (Fsp3) is 0.615. The number of rotatable bonds is 3. The van der Waals surface area contributed by atoms with Gasteiger partial charge in [-0.15, -0.1) is 0 Å². The molecule has 2 heterocycles. The molecule has 0 spiro atoms. The summed E-state index contributed by atoms with van der Waals surface area (Å²) < 4.78 is 14.4. The molecular weight excluding hydrogens is 247 g/mol. The minimum absolute atomic E-state index is 0.0882. The molecule has 1 aromatic heterocycles. The number of alkyl halides is 1. The summed E-state index contributed by atoms with van der Waals surface area (Å²) in [6.45, 7) is 4.56. The van der Waals surface area contributed by atoms with Crippen molar-refractivity contribution in [2.24, 2.45) is 0 Å². The van der Waals surface area contributed by atoms with E-state index in [9.17, 15) is 9.18 Å². The third-order valence-electron chi connectivity index (χ3n) is 3.36. The minimum atomic E-state index is -1.31. The number of aromatic nitrogens is 2. The quantitative estimate of drug-likeness (QED) is 0.894. The van der Waals surface area contributed by atoms with Gasteiger partial charge in [0, 0.05) is 45.2 Å². The van der Waals surface area contributed by atoms with Gasteiger partial charge < -0.3 is 10.2 Å². The van der Waals surface area contributed by atoms with Gasteiger partial charge in [0.1, 0.15) is 5.67 Å². The van der Waals surface area contributed by atoms with Crippen LogP contribution >= 0.6 is 0 Å². The number of carbonyl (C=O) groups is 1. The molecular formula is C13H19FN4O. The standard InChI is InChI=1S/C13H19FN4O/c1-10-7-15-12(16-8-10)18-5-3-13(14,4-6-18)9-17-11(2)19/h7-8H,3-6,9H2,1-2H3,(H,17,19). The van der Waals surface area contributed by atoms with E-state index in [1.807, 2.05) is 11.8 Å². The van der Waals surface area contributed by atoms with E-state index in [2.05, 4.69) is 15.3 Å². The molecule has 1 saturated heterocycles. The first-order valence-electron chi connectivity index (χ1n) is 6.45. The van der Waals surface area contributed by atoms with Gasteiger partial charge in [-0.2, -0.15) is 0 Å². The Morgan fingerprint density at radius 2 is 2.00 bits per heavy atom. The molecule has 0 atom stereocenters. The molecule has 1 aromatic rings. The van der Waals surface area contributed by atoms with Crippen molar-refractivity contribution in [1.82, 2.24) is 15.3 Å². The lowest BCUT2D eigenvalue weighted by Crippen LogP contribution is -2.48. The van der Waals surface area contributed by atoms with Crippen molar-refractivity contribution < 1.29 is 9.18 Å². The van der Waals surface area contributed by atoms with Gasteiger partial charge in [0.15, 0.2) is 0 Å². The summed E-state index contributed by atoms with van der Waals surface area (Å²) in [7, 11) is 0. The average Bonchev–Trinajstić information content (AvgIpc) is 2.39. The summed E-state index contributed by atoms with van der Waals surface area (Å²) in [5, 5.41) is 2.55. The van der Waals surface area contributed by atoms with Crippen LogP contribution in [0.5, 0.6) is 0 Å². The summed E-state index contributed by atoms with van der Waals surface area (Å²) in [5.74, 6) is 0.452. The highest BCUT2D eigenvalue weighted by Gasteiger charge is 2.35. The topological polar surface area (TPSA) is 58.1 Å². The Morgan fingerprint density at radius 1 is 1.42 bits per heavy atom. The Labute approximate surface area is 112 Å². The van der Waals surface area contributed by atoms with Crippen molar-refractivity contribution in [3.8, 4) is 0 Å². The predicted molar refractivity (Wildman–Crippen MR) is 70.7 cm³/mol. The maximum absolute atomic E-state index is 14.4. The summed E-state index contributed by atoms with van der Waals surface area (Å²) >= 11 is 0. The molecule has 1 aliphatic heterocycles. The van der Waals surface area contributed by atoms with Crippen molar-refractivity contribution in [1.29, 1.82) is 0 Å². The molecule has 1 N–H and O–H groups in total. The zero-order valence-electron chi connectivity index (χ0n) is 11.3. The largest absolute Gasteiger partial charge is 0.353 e. The van der Waals surface area contributed by atoms with Crippen LogP contribution in [0.25, 0.3) is 0 Å². The molecule has 1 amide bonds. The molecule has 0 unspecified atom stereocenters. The molecule has 0 bridgehead atoms. The Balaban J connectivity index is 1.91. The van der Waals surface area contributed by atoms with Gasteiger partial charge >= 0.3 is 0 Å². The zero-order valence-corrected chi connectivity index (χ0v) is 11.3. The lowest BCUT2D eigenvalue weighted by molar-refractivity contribution is -0.119. The van der Waals surface area contributed by atoms with E-state index in [0.29, 0.717) is 31.9 Å². The molecule has 104 valence electrons. The first-order valence-corrected chi connectivity index (χ1v) is 6.45. The fourth-order valence-corrected chi connectivity index (χ4v) is 2.12. The van der Waals surface area contributed by atoms with E-state index in [1.165, 1.54) is 6.92 Å². The second-order valence-corrected chi connectivity index (χ2v) is 5.11. The second kappa shape index (κ2) is 5.50. The third kappa shape index (κ3) is 3.62. The highest BCUT2D eigenvalue weighted by Crippen LogP contribution is 2.27. The van der Waals surface area contributed by atoms with Crippen LogP contribution in [-0.2, 0) is 4.79 Å². The van der Waals surface area contributed by atoms with Crippen molar-refractivity contribution in [3.63, 3.8) is 0 Å². The molecule has 0 aliphatic carbocycles. The second-order valence-electron chi connectivity index (χ2n) is 5.11. The fourth-order valence-electron chi connectivity index (χ4n) is 2.12. The Hall–Kier alpha value is -1.72. The number of anilines is 1. The summed E-state index contributed by atoms with van der Waals surface area (Å²) in [6.07, 6.45) is 4.28. The summed E-state index contributed by atoms with van der Waals surface area (Å²) in [5.41, 5.74) is -0.307. The molecule has 6 heteroatoms. The molecule has 0 saturated carbocycles. The van der Waals surface area contributed by atoms with Gasteiger partial charge in [-0.1, -0.05) is 0 Å². The van der Waals surface area contributed by atoms with Crippen LogP contribution in [0.2, 0.25) is 0 Å². The molecule has 19 heavy (non-hydrogen) atoms.